The molecule has 1 fully saturated rings. The van der Waals surface area contributed by atoms with Crippen LogP contribution in [0.15, 0.2) is 12.1 Å². The van der Waals surface area contributed by atoms with Crippen molar-refractivity contribution in [1.29, 1.82) is 0 Å². The van der Waals surface area contributed by atoms with Crippen LogP contribution in [0.25, 0.3) is 0 Å². The van der Waals surface area contributed by atoms with Crippen molar-refractivity contribution >= 4 is 11.6 Å². The maximum atomic E-state index is 13.2. The normalized spacial score (nSPS) is 15.6. The Hall–Kier alpha value is -2.09. The number of nitro benzene ring substituents is 1. The first-order valence-electron chi connectivity index (χ1n) is 6.41. The average Bonchev–Trinajstić information content (AvgIpc) is 3.19. The summed E-state index contributed by atoms with van der Waals surface area (Å²) in [6.07, 6.45) is 2.20. The van der Waals surface area contributed by atoms with E-state index >= 15 is 0 Å². The van der Waals surface area contributed by atoms with Crippen LogP contribution in [0.3, 0.4) is 0 Å². The lowest BCUT2D eigenvalue weighted by atomic mass is 10.0. The molecule has 0 bridgehead atoms. The van der Waals surface area contributed by atoms with Gasteiger partial charge in [0.1, 0.15) is 5.56 Å². The minimum atomic E-state index is -1.38. The molecule has 0 heterocycles. The molecule has 1 amide bonds. The quantitative estimate of drug-likeness (QED) is 0.618. The van der Waals surface area contributed by atoms with Crippen LogP contribution in [0, 0.1) is 27.2 Å². The molecule has 114 valence electrons. The monoisotopic (exact) mass is 300 g/mol. The molecule has 1 aliphatic rings. The average molecular weight is 300 g/mol. The van der Waals surface area contributed by atoms with Crippen molar-refractivity contribution in [2.24, 2.45) is 5.41 Å². The van der Waals surface area contributed by atoms with Gasteiger partial charge in [-0.05, 0) is 30.7 Å². The van der Waals surface area contributed by atoms with Crippen molar-refractivity contribution in [1.82, 2.24) is 5.32 Å². The first kappa shape index (κ1) is 15.3. The molecule has 1 aliphatic carbocycles. The molecule has 21 heavy (non-hydrogen) atoms. The Labute approximate surface area is 118 Å². The predicted octanol–water partition coefficient (Wildman–Crippen LogP) is 1.77. The Morgan fingerprint density at radius 2 is 2.00 bits per heavy atom. The second-order valence-corrected chi connectivity index (χ2v) is 5.20. The number of amides is 1. The second-order valence-electron chi connectivity index (χ2n) is 5.20. The number of nitro groups is 1. The maximum absolute atomic E-state index is 13.2. The van der Waals surface area contributed by atoms with Crippen LogP contribution in [0.1, 0.15) is 29.6 Å². The summed E-state index contributed by atoms with van der Waals surface area (Å²) >= 11 is 0. The highest BCUT2D eigenvalue weighted by Crippen LogP contribution is 2.47. The first-order chi connectivity index (χ1) is 9.88. The molecule has 2 rings (SSSR count). The molecular weight excluding hydrogens is 286 g/mol. The van der Waals surface area contributed by atoms with Crippen molar-refractivity contribution in [3.05, 3.63) is 39.4 Å². The fourth-order valence-corrected chi connectivity index (χ4v) is 2.16. The number of aliphatic hydroxyl groups is 1. The molecule has 0 unspecified atom stereocenters. The van der Waals surface area contributed by atoms with Gasteiger partial charge in [0.25, 0.3) is 11.6 Å². The SMILES string of the molecule is O=C(NCC1(CCO)CC1)c1cc(F)c(F)cc1[N+](=O)[O-]. The summed E-state index contributed by atoms with van der Waals surface area (Å²) in [5.41, 5.74) is -1.48. The molecule has 0 spiro atoms. The van der Waals surface area contributed by atoms with Gasteiger partial charge in [-0.1, -0.05) is 0 Å². The molecule has 1 saturated carbocycles. The molecule has 0 atom stereocenters. The molecule has 6 nitrogen and oxygen atoms in total. The highest BCUT2D eigenvalue weighted by atomic mass is 19.2. The van der Waals surface area contributed by atoms with E-state index in [4.69, 9.17) is 5.11 Å². The minimum Gasteiger partial charge on any atom is -0.396 e. The van der Waals surface area contributed by atoms with E-state index < -0.39 is 33.7 Å². The van der Waals surface area contributed by atoms with E-state index in [2.05, 4.69) is 5.32 Å². The van der Waals surface area contributed by atoms with E-state index in [9.17, 15) is 23.7 Å². The summed E-state index contributed by atoms with van der Waals surface area (Å²) in [5, 5.41) is 22.2. The van der Waals surface area contributed by atoms with Crippen molar-refractivity contribution in [3.8, 4) is 0 Å². The van der Waals surface area contributed by atoms with Gasteiger partial charge in [-0.25, -0.2) is 8.78 Å². The van der Waals surface area contributed by atoms with Gasteiger partial charge in [-0.15, -0.1) is 0 Å². The Kier molecular flexibility index (Phi) is 4.17. The molecule has 0 aliphatic heterocycles. The third-order valence-corrected chi connectivity index (χ3v) is 3.70. The number of nitrogens with zero attached hydrogens (tertiary/aromatic N) is 1. The fraction of sp³-hybridized carbons (Fsp3) is 0.462. The van der Waals surface area contributed by atoms with E-state index in [1.54, 1.807) is 0 Å². The van der Waals surface area contributed by atoms with Gasteiger partial charge >= 0.3 is 0 Å². The zero-order valence-electron chi connectivity index (χ0n) is 11.1. The molecule has 8 heteroatoms. The number of carbonyl (C=O) groups excluding carboxylic acids is 1. The third-order valence-electron chi connectivity index (χ3n) is 3.70. The lowest BCUT2D eigenvalue weighted by Crippen LogP contribution is -2.31. The molecule has 2 N–H and O–H groups in total. The second kappa shape index (κ2) is 5.72. The number of halogens is 2. The fourth-order valence-electron chi connectivity index (χ4n) is 2.16. The van der Waals surface area contributed by atoms with Crippen LogP contribution < -0.4 is 5.32 Å². The smallest absolute Gasteiger partial charge is 0.285 e. The Bertz CT molecular complexity index is 588. The van der Waals surface area contributed by atoms with Crippen molar-refractivity contribution in [2.45, 2.75) is 19.3 Å². The van der Waals surface area contributed by atoms with Gasteiger partial charge in [-0.3, -0.25) is 14.9 Å². The van der Waals surface area contributed by atoms with E-state index in [-0.39, 0.29) is 18.6 Å². The number of nitrogens with one attached hydrogen (secondary N) is 1. The van der Waals surface area contributed by atoms with Crippen molar-refractivity contribution in [3.63, 3.8) is 0 Å². The van der Waals surface area contributed by atoms with Crippen LogP contribution in [-0.2, 0) is 0 Å². The largest absolute Gasteiger partial charge is 0.396 e. The number of benzene rings is 1. The molecular formula is C13H14F2N2O4. The van der Waals surface area contributed by atoms with E-state index in [0.29, 0.717) is 18.6 Å². The van der Waals surface area contributed by atoms with Crippen LogP contribution in [-0.4, -0.2) is 29.1 Å². The number of hydrogen-bond donors (Lipinski definition) is 2. The highest BCUT2D eigenvalue weighted by molar-refractivity contribution is 5.98. The summed E-state index contributed by atoms with van der Waals surface area (Å²) in [5.74, 6) is -3.52. The highest BCUT2D eigenvalue weighted by Gasteiger charge is 2.42. The van der Waals surface area contributed by atoms with Crippen LogP contribution in [0.5, 0.6) is 0 Å². The van der Waals surface area contributed by atoms with Crippen molar-refractivity contribution < 1.29 is 23.6 Å². The summed E-state index contributed by atoms with van der Waals surface area (Å²) in [7, 11) is 0. The summed E-state index contributed by atoms with van der Waals surface area (Å²) in [6.45, 7) is 0.226. The predicted molar refractivity (Wildman–Crippen MR) is 68.7 cm³/mol. The van der Waals surface area contributed by atoms with Gasteiger partial charge in [0.15, 0.2) is 11.6 Å². The van der Waals surface area contributed by atoms with Crippen LogP contribution in [0.4, 0.5) is 14.5 Å². The Balaban J connectivity index is 2.15. The van der Waals surface area contributed by atoms with Gasteiger partial charge < -0.3 is 10.4 Å². The molecule has 1 aromatic rings. The zero-order valence-corrected chi connectivity index (χ0v) is 11.1. The summed E-state index contributed by atoms with van der Waals surface area (Å²) < 4.78 is 26.2. The lowest BCUT2D eigenvalue weighted by Gasteiger charge is -2.14. The summed E-state index contributed by atoms with van der Waals surface area (Å²) in [4.78, 5) is 21.8. The Morgan fingerprint density at radius 3 is 2.52 bits per heavy atom. The zero-order chi connectivity index (χ0) is 15.6. The minimum absolute atomic E-state index is 0.0127. The van der Waals surface area contributed by atoms with E-state index in [1.807, 2.05) is 0 Å². The molecule has 0 saturated heterocycles. The van der Waals surface area contributed by atoms with Gasteiger partial charge in [0.2, 0.25) is 0 Å². The Morgan fingerprint density at radius 1 is 1.38 bits per heavy atom. The lowest BCUT2D eigenvalue weighted by molar-refractivity contribution is -0.385. The number of hydrogen-bond acceptors (Lipinski definition) is 4. The van der Waals surface area contributed by atoms with Crippen LogP contribution in [0.2, 0.25) is 0 Å². The van der Waals surface area contributed by atoms with Crippen molar-refractivity contribution in [2.75, 3.05) is 13.2 Å². The molecule has 1 aromatic carbocycles. The third kappa shape index (κ3) is 3.33. The number of carbonyl (C=O) groups is 1. The van der Waals surface area contributed by atoms with Gasteiger partial charge in [0.05, 0.1) is 11.0 Å². The number of rotatable bonds is 6. The summed E-state index contributed by atoms with van der Waals surface area (Å²) in [6, 6.07) is 0.916. The first-order valence-corrected chi connectivity index (χ1v) is 6.41. The maximum Gasteiger partial charge on any atom is 0.285 e. The molecule has 0 aromatic heterocycles. The number of aliphatic hydroxyl groups excluding tert-OH is 1. The standard InChI is InChI=1S/C13H14F2N2O4/c14-9-5-8(11(17(20)21)6-10(9)15)12(19)16-7-13(1-2-13)3-4-18/h5-6,18H,1-4,7H2,(H,16,19). The van der Waals surface area contributed by atoms with Crippen LogP contribution >= 0.6 is 0 Å². The topological polar surface area (TPSA) is 92.5 Å². The van der Waals surface area contributed by atoms with E-state index in [0.717, 1.165) is 12.8 Å². The van der Waals surface area contributed by atoms with Gasteiger partial charge in [-0.2, -0.15) is 0 Å². The molecule has 0 radical (unpaired) electrons. The van der Waals surface area contributed by atoms with Gasteiger partial charge in [0, 0.05) is 13.2 Å². The van der Waals surface area contributed by atoms with E-state index in [1.165, 1.54) is 0 Å².